The van der Waals surface area contributed by atoms with Gasteiger partial charge in [-0.1, -0.05) is 41.4 Å². The summed E-state index contributed by atoms with van der Waals surface area (Å²) in [6.07, 6.45) is 1.15. The Bertz CT molecular complexity index is 1160. The Kier molecular flexibility index (Phi) is 5.93. The third kappa shape index (κ3) is 4.01. The molecule has 0 atom stereocenters. The van der Waals surface area contributed by atoms with E-state index in [2.05, 4.69) is 43.2 Å². The fourth-order valence-corrected chi connectivity index (χ4v) is 7.45. The largest absolute Gasteiger partial charge is 0.348 e. The van der Waals surface area contributed by atoms with Gasteiger partial charge in [0.05, 0.1) is 20.9 Å². The van der Waals surface area contributed by atoms with Crippen LogP contribution in [0.1, 0.15) is 29.5 Å². The van der Waals surface area contributed by atoms with E-state index in [1.807, 2.05) is 0 Å². The van der Waals surface area contributed by atoms with Crippen molar-refractivity contribution in [3.63, 3.8) is 0 Å². The fourth-order valence-electron chi connectivity index (χ4n) is 4.32. The Hall–Kier alpha value is -1.89. The molecule has 0 unspecified atom stereocenters. The van der Waals surface area contributed by atoms with E-state index in [0.29, 0.717) is 31.0 Å². The first-order valence-corrected chi connectivity index (χ1v) is 12.8. The molecule has 1 fully saturated rings. The maximum Gasteiger partial charge on any atom is 0.185 e. The van der Waals surface area contributed by atoms with Crippen LogP contribution in [0.2, 0.25) is 5.02 Å². The zero-order valence-electron chi connectivity index (χ0n) is 17.4. The van der Waals surface area contributed by atoms with Gasteiger partial charge in [0.25, 0.3) is 0 Å². The molecule has 4 nitrogen and oxygen atoms in total. The van der Waals surface area contributed by atoms with Crippen molar-refractivity contribution in [3.05, 3.63) is 63.5 Å². The first-order valence-electron chi connectivity index (χ1n) is 10.0. The van der Waals surface area contributed by atoms with Crippen LogP contribution >= 0.6 is 22.9 Å². The quantitative estimate of drug-likeness (QED) is 0.491. The fraction of sp³-hybridized carbons (Fsp3) is 0.348. The summed E-state index contributed by atoms with van der Waals surface area (Å²) in [6.45, 7) is 7.70. The lowest BCUT2D eigenvalue weighted by atomic mass is 9.98. The van der Waals surface area contributed by atoms with Crippen LogP contribution in [-0.2, 0) is 9.84 Å². The van der Waals surface area contributed by atoms with E-state index in [0.717, 1.165) is 10.8 Å². The molecule has 2 heterocycles. The number of hydrogen-bond acceptors (Lipinski definition) is 5. The van der Waals surface area contributed by atoms with Crippen LogP contribution in [0, 0.1) is 20.8 Å². The molecule has 2 aromatic carbocycles. The normalized spacial score (nSPS) is 15.5. The summed E-state index contributed by atoms with van der Waals surface area (Å²) in [7, 11) is -3.43. The van der Waals surface area contributed by atoms with Crippen molar-refractivity contribution in [2.24, 2.45) is 0 Å². The first-order chi connectivity index (χ1) is 14.3. The van der Waals surface area contributed by atoms with E-state index in [9.17, 15) is 8.42 Å². The average molecular weight is 461 g/mol. The molecule has 30 heavy (non-hydrogen) atoms. The van der Waals surface area contributed by atoms with E-state index < -0.39 is 15.1 Å². The number of benzene rings is 2. The highest BCUT2D eigenvalue weighted by Gasteiger charge is 2.33. The minimum Gasteiger partial charge on any atom is -0.348 e. The van der Waals surface area contributed by atoms with Gasteiger partial charge < -0.3 is 4.90 Å². The monoisotopic (exact) mass is 460 g/mol. The molecule has 0 spiro atoms. The second kappa shape index (κ2) is 8.33. The standard InChI is InChI=1S/C23H25ClN2O2S2/c1-15-12-16(2)22(17(3)13-15)20-14-29-23(25-20)26-10-8-18(9-11-26)30(27,28)21-7-5-4-6-19(21)24/h4-7,12-14,18H,8-11H2,1-3H3. The number of nitrogens with zero attached hydrogens (tertiary/aromatic N) is 2. The van der Waals surface area contributed by atoms with Gasteiger partial charge in [-0.3, -0.25) is 0 Å². The van der Waals surface area contributed by atoms with E-state index in [-0.39, 0.29) is 4.90 Å². The number of thiazole rings is 1. The Morgan fingerprint density at radius 1 is 1.07 bits per heavy atom. The van der Waals surface area contributed by atoms with Crippen LogP contribution in [0.25, 0.3) is 11.3 Å². The highest BCUT2D eigenvalue weighted by atomic mass is 35.5. The smallest absolute Gasteiger partial charge is 0.185 e. The molecule has 4 rings (SSSR count). The van der Waals surface area contributed by atoms with Crippen molar-refractivity contribution in [1.82, 2.24) is 4.98 Å². The average Bonchev–Trinajstić information content (AvgIpc) is 3.17. The molecule has 1 aromatic heterocycles. The second-order valence-electron chi connectivity index (χ2n) is 7.95. The number of halogens is 1. The van der Waals surface area contributed by atoms with E-state index >= 15 is 0 Å². The lowest BCUT2D eigenvalue weighted by Gasteiger charge is -2.31. The number of sulfone groups is 1. The molecular formula is C23H25ClN2O2S2. The van der Waals surface area contributed by atoms with Crippen LogP contribution in [0.4, 0.5) is 5.13 Å². The van der Waals surface area contributed by atoms with E-state index in [1.165, 1.54) is 22.3 Å². The molecule has 0 saturated carbocycles. The van der Waals surface area contributed by atoms with Crippen molar-refractivity contribution in [1.29, 1.82) is 0 Å². The maximum absolute atomic E-state index is 13.0. The van der Waals surface area contributed by atoms with Crippen LogP contribution in [0.15, 0.2) is 46.7 Å². The van der Waals surface area contributed by atoms with Gasteiger partial charge in [0, 0.05) is 24.0 Å². The third-order valence-electron chi connectivity index (χ3n) is 5.72. The number of aromatic nitrogens is 1. The highest BCUT2D eigenvalue weighted by Crippen LogP contribution is 2.35. The van der Waals surface area contributed by atoms with Gasteiger partial charge in [-0.15, -0.1) is 11.3 Å². The van der Waals surface area contributed by atoms with E-state index in [1.54, 1.807) is 35.6 Å². The van der Waals surface area contributed by atoms with E-state index in [4.69, 9.17) is 16.6 Å². The lowest BCUT2D eigenvalue weighted by molar-refractivity contribution is 0.529. The Morgan fingerprint density at radius 3 is 2.33 bits per heavy atom. The molecule has 0 N–H and O–H groups in total. The summed E-state index contributed by atoms with van der Waals surface area (Å²) in [4.78, 5) is 7.33. The molecule has 0 radical (unpaired) electrons. The molecule has 7 heteroatoms. The van der Waals surface area contributed by atoms with Crippen LogP contribution in [0.5, 0.6) is 0 Å². The van der Waals surface area contributed by atoms with Crippen molar-refractivity contribution in [2.75, 3.05) is 18.0 Å². The number of aryl methyl sites for hydroxylation is 3. The Morgan fingerprint density at radius 2 is 1.70 bits per heavy atom. The predicted octanol–water partition coefficient (Wildman–Crippen LogP) is 5.83. The van der Waals surface area contributed by atoms with Crippen LogP contribution in [0.3, 0.4) is 0 Å². The van der Waals surface area contributed by atoms with Crippen molar-refractivity contribution in [2.45, 2.75) is 43.8 Å². The van der Waals surface area contributed by atoms with Gasteiger partial charge in [0.15, 0.2) is 15.0 Å². The molecular weight excluding hydrogens is 436 g/mol. The molecule has 1 aliphatic heterocycles. The summed E-state index contributed by atoms with van der Waals surface area (Å²) in [5.41, 5.74) is 5.91. The topological polar surface area (TPSA) is 50.3 Å². The zero-order valence-corrected chi connectivity index (χ0v) is 19.7. The SMILES string of the molecule is Cc1cc(C)c(-c2csc(N3CCC(S(=O)(=O)c4ccccc4Cl)CC3)n2)c(C)c1. The van der Waals surface area contributed by atoms with Gasteiger partial charge in [0.1, 0.15) is 0 Å². The van der Waals surface area contributed by atoms with Gasteiger partial charge in [-0.05, 0) is 56.9 Å². The summed E-state index contributed by atoms with van der Waals surface area (Å²) in [6, 6.07) is 11.1. The Labute approximate surface area is 187 Å². The minimum absolute atomic E-state index is 0.243. The number of anilines is 1. The van der Waals surface area contributed by atoms with Crippen molar-refractivity contribution < 1.29 is 8.42 Å². The molecule has 0 aliphatic carbocycles. The predicted molar refractivity (Wildman–Crippen MR) is 126 cm³/mol. The highest BCUT2D eigenvalue weighted by molar-refractivity contribution is 7.92. The molecule has 0 amide bonds. The summed E-state index contributed by atoms with van der Waals surface area (Å²) < 4.78 is 26.1. The Balaban J connectivity index is 1.50. The zero-order chi connectivity index (χ0) is 21.5. The molecule has 1 saturated heterocycles. The maximum atomic E-state index is 13.0. The summed E-state index contributed by atoms with van der Waals surface area (Å²) >= 11 is 7.78. The van der Waals surface area contributed by atoms with Crippen LogP contribution in [-0.4, -0.2) is 31.7 Å². The molecule has 1 aliphatic rings. The molecule has 3 aromatic rings. The van der Waals surface area contributed by atoms with Gasteiger partial charge >= 0.3 is 0 Å². The summed E-state index contributed by atoms with van der Waals surface area (Å²) in [5.74, 6) is 0. The first kappa shape index (κ1) is 21.3. The molecule has 158 valence electrons. The van der Waals surface area contributed by atoms with Crippen molar-refractivity contribution >= 4 is 37.9 Å². The number of rotatable bonds is 4. The second-order valence-corrected chi connectivity index (χ2v) is 11.4. The minimum atomic E-state index is -3.43. The number of piperidine rings is 1. The van der Waals surface area contributed by atoms with Gasteiger partial charge in [-0.2, -0.15) is 0 Å². The summed E-state index contributed by atoms with van der Waals surface area (Å²) in [5, 5.41) is 2.95. The molecule has 0 bridgehead atoms. The van der Waals surface area contributed by atoms with Gasteiger partial charge in [-0.25, -0.2) is 13.4 Å². The van der Waals surface area contributed by atoms with Crippen LogP contribution < -0.4 is 4.90 Å². The number of hydrogen-bond donors (Lipinski definition) is 0. The van der Waals surface area contributed by atoms with Crippen molar-refractivity contribution in [3.8, 4) is 11.3 Å². The third-order valence-corrected chi connectivity index (χ3v) is 9.38. The lowest BCUT2D eigenvalue weighted by Crippen LogP contribution is -2.39. The van der Waals surface area contributed by atoms with Gasteiger partial charge in [0.2, 0.25) is 0 Å².